The first kappa shape index (κ1) is 47.4. The summed E-state index contributed by atoms with van der Waals surface area (Å²) in [6.45, 7) is 15.1. The van der Waals surface area contributed by atoms with E-state index in [1.165, 1.54) is 4.90 Å². The molecule has 324 valence electrons. The van der Waals surface area contributed by atoms with Crippen LogP contribution in [0.15, 0.2) is 54.0 Å². The Morgan fingerprint density at radius 3 is 2.25 bits per heavy atom. The highest BCUT2D eigenvalue weighted by atomic mass is 32.1. The van der Waals surface area contributed by atoms with Gasteiger partial charge in [-0.05, 0) is 75.3 Å². The normalized spacial score (nSPS) is 16.8. The number of hydrogen-bond acceptors (Lipinski definition) is 10. The maximum Gasteiger partial charge on any atom is 0.407 e. The number of aromatic nitrogens is 1. The lowest BCUT2D eigenvalue weighted by atomic mass is 9.85. The zero-order valence-corrected chi connectivity index (χ0v) is 36.7. The fourth-order valence-corrected chi connectivity index (χ4v) is 7.37. The summed E-state index contributed by atoms with van der Waals surface area (Å²) in [4.78, 5) is 71.1. The first-order valence-electron chi connectivity index (χ1n) is 20.2. The van der Waals surface area contributed by atoms with Crippen molar-refractivity contribution in [1.29, 1.82) is 0 Å². The molecule has 14 nitrogen and oxygen atoms in total. The molecule has 0 spiro atoms. The van der Waals surface area contributed by atoms with E-state index in [0.717, 1.165) is 32.8 Å². The number of rotatable bonds is 16. The Morgan fingerprint density at radius 2 is 1.65 bits per heavy atom. The minimum absolute atomic E-state index is 0.0134. The standard InChI is InChI=1S/C45H60N6O8S/c1-28-39(60-27-48-28)33-19-17-31(18-20-33)24-47-41(55)36-23-34(52)25-51(36)42(56)40(44(3,4)5)50-38(54)12-10-9-11-30-13-15-32(16-14-30)26-58-29(2)35(21-22-37(46)53)49-43(57)59-45(6,7)8/h13-20,27,29,34-36,40,52H,10,12,21-26H2,1-8H3,(H2,46,53)(H,47,55)(H,49,57)(H,50,54)/t29-,34-,35+,36+,40-/m1/s1. The molecule has 1 aliphatic rings. The van der Waals surface area contributed by atoms with Crippen molar-refractivity contribution >= 4 is 41.1 Å². The third-order valence-electron chi connectivity index (χ3n) is 9.86. The van der Waals surface area contributed by atoms with Crippen molar-refractivity contribution in [3.05, 3.63) is 76.4 Å². The highest BCUT2D eigenvalue weighted by molar-refractivity contribution is 7.13. The summed E-state index contributed by atoms with van der Waals surface area (Å²) >= 11 is 1.57. The monoisotopic (exact) mass is 844 g/mol. The van der Waals surface area contributed by atoms with Crippen molar-refractivity contribution in [2.75, 3.05) is 6.54 Å². The van der Waals surface area contributed by atoms with Crippen LogP contribution in [0.4, 0.5) is 4.79 Å². The Balaban J connectivity index is 1.27. The molecule has 1 fully saturated rings. The van der Waals surface area contributed by atoms with Crippen LogP contribution >= 0.6 is 11.3 Å². The molecule has 0 aliphatic carbocycles. The van der Waals surface area contributed by atoms with Crippen molar-refractivity contribution in [2.45, 2.75) is 137 Å². The molecule has 0 saturated carbocycles. The zero-order chi connectivity index (χ0) is 44.2. The number of nitrogens with two attached hydrogens (primary N) is 1. The van der Waals surface area contributed by atoms with E-state index in [-0.39, 0.29) is 57.2 Å². The van der Waals surface area contributed by atoms with Gasteiger partial charge in [0.1, 0.15) is 17.7 Å². The van der Waals surface area contributed by atoms with Gasteiger partial charge in [-0.1, -0.05) is 69.0 Å². The van der Waals surface area contributed by atoms with Crippen molar-refractivity contribution in [3.8, 4) is 22.3 Å². The third-order valence-corrected chi connectivity index (χ3v) is 10.8. The topological polar surface area (TPSA) is 202 Å². The number of ether oxygens (including phenoxy) is 2. The van der Waals surface area contributed by atoms with E-state index >= 15 is 0 Å². The predicted molar refractivity (Wildman–Crippen MR) is 230 cm³/mol. The van der Waals surface area contributed by atoms with Crippen LogP contribution in [-0.2, 0) is 41.8 Å². The lowest BCUT2D eigenvalue weighted by molar-refractivity contribution is -0.144. The summed E-state index contributed by atoms with van der Waals surface area (Å²) in [5, 5.41) is 19.1. The number of likely N-dealkylation sites (tertiary alicyclic amines) is 1. The van der Waals surface area contributed by atoms with Gasteiger partial charge in [-0.3, -0.25) is 19.2 Å². The summed E-state index contributed by atoms with van der Waals surface area (Å²) in [5.74, 6) is 4.45. The molecule has 15 heteroatoms. The molecule has 0 radical (unpaired) electrons. The van der Waals surface area contributed by atoms with Crippen molar-refractivity contribution < 1.29 is 38.6 Å². The number of carbonyl (C=O) groups is 5. The number of aliphatic hydroxyl groups excluding tert-OH is 1. The van der Waals surface area contributed by atoms with E-state index in [1.54, 1.807) is 39.0 Å². The molecule has 1 aromatic heterocycles. The number of amides is 5. The molecule has 5 atom stereocenters. The molecular formula is C45H60N6O8S. The third kappa shape index (κ3) is 14.8. The van der Waals surface area contributed by atoms with Crippen LogP contribution in [0, 0.1) is 24.2 Å². The average Bonchev–Trinajstić information content (AvgIpc) is 3.79. The molecule has 1 aliphatic heterocycles. The molecule has 0 unspecified atom stereocenters. The molecule has 3 aromatic rings. The summed E-state index contributed by atoms with van der Waals surface area (Å²) in [7, 11) is 0. The number of nitrogens with one attached hydrogen (secondary N) is 3. The van der Waals surface area contributed by atoms with Crippen LogP contribution in [-0.4, -0.2) is 87.2 Å². The Hall–Kier alpha value is -5.30. The molecule has 60 heavy (non-hydrogen) atoms. The van der Waals surface area contributed by atoms with Gasteiger partial charge >= 0.3 is 6.09 Å². The molecule has 2 heterocycles. The number of hydrogen-bond donors (Lipinski definition) is 5. The first-order valence-corrected chi connectivity index (χ1v) is 21.1. The van der Waals surface area contributed by atoms with Crippen LogP contribution in [0.5, 0.6) is 0 Å². The molecule has 2 aromatic carbocycles. The Labute approximate surface area is 357 Å². The van der Waals surface area contributed by atoms with Gasteiger partial charge in [0, 0.05) is 44.3 Å². The van der Waals surface area contributed by atoms with Crippen LogP contribution in [0.2, 0.25) is 0 Å². The Morgan fingerprint density at radius 1 is 0.983 bits per heavy atom. The number of primary amides is 1. The average molecular weight is 845 g/mol. The fourth-order valence-electron chi connectivity index (χ4n) is 6.56. The number of alkyl carbamates (subject to hydrolysis) is 1. The van der Waals surface area contributed by atoms with E-state index in [2.05, 4.69) is 32.8 Å². The largest absolute Gasteiger partial charge is 0.444 e. The molecule has 5 amide bonds. The van der Waals surface area contributed by atoms with Crippen LogP contribution in [0.1, 0.15) is 103 Å². The van der Waals surface area contributed by atoms with Crippen molar-refractivity contribution in [2.24, 2.45) is 11.1 Å². The second-order valence-corrected chi connectivity index (χ2v) is 18.1. The first-order chi connectivity index (χ1) is 28.2. The van der Waals surface area contributed by atoms with Gasteiger partial charge in [-0.15, -0.1) is 11.3 Å². The SMILES string of the molecule is Cc1ncsc1-c1ccc(CNC(=O)[C@@H]2C[C@@H](O)CN2C(=O)[C@@H](NC(=O)CCC#Cc2ccc(CO[C@H](C)[C@H](CCC(N)=O)NC(=O)OC(C)(C)C)cc2)C(C)(C)C)cc1. The van der Waals surface area contributed by atoms with E-state index < -0.39 is 59.3 Å². The Bertz CT molecular complexity index is 2010. The van der Waals surface area contributed by atoms with Crippen LogP contribution in [0.3, 0.4) is 0 Å². The van der Waals surface area contributed by atoms with Gasteiger partial charge in [0.25, 0.3) is 0 Å². The van der Waals surface area contributed by atoms with E-state index in [9.17, 15) is 29.1 Å². The number of thiazole rings is 1. The minimum atomic E-state index is -0.940. The maximum atomic E-state index is 14.0. The van der Waals surface area contributed by atoms with Crippen LogP contribution in [0.25, 0.3) is 10.4 Å². The summed E-state index contributed by atoms with van der Waals surface area (Å²) in [5.41, 5.74) is 10.3. The number of carbonyl (C=O) groups excluding carboxylic acids is 5. The smallest absolute Gasteiger partial charge is 0.407 e. The summed E-state index contributed by atoms with van der Waals surface area (Å²) in [6.07, 6.45) is -1.15. The number of β-amino-alcohol motifs (C(OH)–C–C–N with tert-alkyl or cyclic N) is 1. The van der Waals surface area contributed by atoms with Gasteiger partial charge in [0.15, 0.2) is 0 Å². The maximum absolute atomic E-state index is 14.0. The molecule has 1 saturated heterocycles. The molecule has 4 rings (SSSR count). The Kier molecular flexibility index (Phi) is 16.8. The summed E-state index contributed by atoms with van der Waals surface area (Å²) < 4.78 is 11.4. The fraction of sp³-hybridized carbons (Fsp3) is 0.511. The molecule has 6 N–H and O–H groups in total. The van der Waals surface area contributed by atoms with Gasteiger partial charge in [-0.25, -0.2) is 9.78 Å². The number of benzene rings is 2. The van der Waals surface area contributed by atoms with Gasteiger partial charge in [0.2, 0.25) is 23.6 Å². The van der Waals surface area contributed by atoms with Crippen molar-refractivity contribution in [1.82, 2.24) is 25.8 Å². The number of nitrogens with zero attached hydrogens (tertiary/aromatic N) is 2. The van der Waals surface area contributed by atoms with Crippen LogP contribution < -0.4 is 21.7 Å². The van der Waals surface area contributed by atoms with E-state index in [4.69, 9.17) is 15.2 Å². The molecule has 0 bridgehead atoms. The van der Waals surface area contributed by atoms with Gasteiger partial charge in [0.05, 0.1) is 40.9 Å². The van der Waals surface area contributed by atoms with Gasteiger partial charge < -0.3 is 41.2 Å². The number of aliphatic hydroxyl groups is 1. The lowest BCUT2D eigenvalue weighted by Gasteiger charge is -2.35. The predicted octanol–water partition coefficient (Wildman–Crippen LogP) is 5.12. The second-order valence-electron chi connectivity index (χ2n) is 17.2. The summed E-state index contributed by atoms with van der Waals surface area (Å²) in [6, 6.07) is 13.0. The van der Waals surface area contributed by atoms with E-state index in [0.29, 0.717) is 6.42 Å². The zero-order valence-electron chi connectivity index (χ0n) is 35.9. The lowest BCUT2D eigenvalue weighted by Crippen LogP contribution is -2.57. The number of aryl methyl sites for hydroxylation is 1. The van der Waals surface area contributed by atoms with E-state index in [1.807, 2.05) is 81.7 Å². The van der Waals surface area contributed by atoms with Gasteiger partial charge in [-0.2, -0.15) is 0 Å². The minimum Gasteiger partial charge on any atom is -0.444 e. The van der Waals surface area contributed by atoms with Crippen molar-refractivity contribution in [3.63, 3.8) is 0 Å². The highest BCUT2D eigenvalue weighted by Crippen LogP contribution is 2.28. The second kappa shape index (κ2) is 21.3. The highest BCUT2D eigenvalue weighted by Gasteiger charge is 2.44. The quantitative estimate of drug-likeness (QED) is 0.121. The molecular weight excluding hydrogens is 785 g/mol.